The molecule has 0 aromatic carbocycles. The van der Waals surface area contributed by atoms with Crippen LogP contribution in [0.3, 0.4) is 0 Å². The van der Waals surface area contributed by atoms with Gasteiger partial charge in [0.2, 0.25) is 0 Å². The lowest BCUT2D eigenvalue weighted by atomic mass is 10.1. The van der Waals surface area contributed by atoms with Gasteiger partial charge >= 0.3 is 0 Å². The Morgan fingerprint density at radius 3 is 2.77 bits per heavy atom. The summed E-state index contributed by atoms with van der Waals surface area (Å²) in [5.74, 6) is 3.27. The van der Waals surface area contributed by atoms with Crippen molar-refractivity contribution in [1.29, 1.82) is 0 Å². The first-order valence-corrected chi connectivity index (χ1v) is 10.9. The molecule has 1 saturated heterocycles. The van der Waals surface area contributed by atoms with Gasteiger partial charge in [-0.2, -0.15) is 5.10 Å². The summed E-state index contributed by atoms with van der Waals surface area (Å²) in [6, 6.07) is 0.310. The number of hydrogen-bond acceptors (Lipinski definition) is 6. The third-order valence-corrected chi connectivity index (χ3v) is 5.59. The standard InChI is InChI=1S/C20H38N8O.HI/c1-5-21-20(22-12-16(2)13-27-10-8-26(3)9-11-27)23-17-6-7-19-24-18(15-29-4)25-28(19)14-17;/h16-17H,5-15H2,1-4H3,(H2,21,22,23);1H. The van der Waals surface area contributed by atoms with Crippen molar-refractivity contribution in [3.63, 3.8) is 0 Å². The number of aliphatic imine (C=N–C) groups is 1. The highest BCUT2D eigenvalue weighted by Gasteiger charge is 2.22. The van der Waals surface area contributed by atoms with E-state index in [0.29, 0.717) is 18.6 Å². The van der Waals surface area contributed by atoms with Crippen LogP contribution >= 0.6 is 24.0 Å². The summed E-state index contributed by atoms with van der Waals surface area (Å²) in [6.45, 7) is 13.1. The second kappa shape index (κ2) is 12.8. The van der Waals surface area contributed by atoms with Gasteiger partial charge in [-0.3, -0.25) is 4.99 Å². The maximum Gasteiger partial charge on any atom is 0.191 e. The topological polar surface area (TPSA) is 82.8 Å². The van der Waals surface area contributed by atoms with Gasteiger partial charge in [-0.05, 0) is 26.3 Å². The number of halogens is 1. The molecule has 10 heteroatoms. The van der Waals surface area contributed by atoms with E-state index in [9.17, 15) is 0 Å². The van der Waals surface area contributed by atoms with Gasteiger partial charge < -0.3 is 25.2 Å². The van der Waals surface area contributed by atoms with E-state index in [1.807, 2.05) is 4.68 Å². The van der Waals surface area contributed by atoms with Gasteiger partial charge in [-0.15, -0.1) is 24.0 Å². The fourth-order valence-corrected chi connectivity index (χ4v) is 3.96. The number of methoxy groups -OCH3 is 1. The average Bonchev–Trinajstić information content (AvgIpc) is 3.10. The zero-order valence-corrected chi connectivity index (χ0v) is 21.3. The fourth-order valence-electron chi connectivity index (χ4n) is 3.96. The lowest BCUT2D eigenvalue weighted by Crippen LogP contribution is -2.47. The monoisotopic (exact) mass is 534 g/mol. The van der Waals surface area contributed by atoms with E-state index in [-0.39, 0.29) is 24.0 Å². The van der Waals surface area contributed by atoms with Crippen molar-refractivity contribution >= 4 is 29.9 Å². The summed E-state index contributed by atoms with van der Waals surface area (Å²) in [7, 11) is 3.87. The Morgan fingerprint density at radius 2 is 2.07 bits per heavy atom. The molecule has 0 amide bonds. The molecule has 0 radical (unpaired) electrons. The molecule has 0 bridgehead atoms. The van der Waals surface area contributed by atoms with Crippen molar-refractivity contribution in [3.8, 4) is 0 Å². The van der Waals surface area contributed by atoms with E-state index >= 15 is 0 Å². The molecule has 1 aromatic rings. The molecule has 0 saturated carbocycles. The highest BCUT2D eigenvalue weighted by Crippen LogP contribution is 2.13. The van der Waals surface area contributed by atoms with Gasteiger partial charge in [-0.1, -0.05) is 6.92 Å². The number of guanidine groups is 1. The summed E-state index contributed by atoms with van der Waals surface area (Å²) in [4.78, 5) is 14.4. The van der Waals surface area contributed by atoms with E-state index in [0.717, 1.165) is 82.8 Å². The third kappa shape index (κ3) is 7.61. The molecule has 0 aliphatic carbocycles. The summed E-state index contributed by atoms with van der Waals surface area (Å²) in [5.41, 5.74) is 0. The predicted molar refractivity (Wildman–Crippen MR) is 130 cm³/mol. The largest absolute Gasteiger partial charge is 0.377 e. The number of ether oxygens (including phenoxy) is 1. The molecule has 2 aliphatic rings. The predicted octanol–water partition coefficient (Wildman–Crippen LogP) is 0.796. The number of hydrogen-bond donors (Lipinski definition) is 2. The summed E-state index contributed by atoms with van der Waals surface area (Å²) in [5, 5.41) is 11.6. The molecule has 2 unspecified atom stereocenters. The second-order valence-corrected chi connectivity index (χ2v) is 8.37. The van der Waals surface area contributed by atoms with Gasteiger partial charge in [0.1, 0.15) is 12.4 Å². The van der Waals surface area contributed by atoms with E-state index in [1.54, 1.807) is 7.11 Å². The first kappa shape index (κ1) is 25.3. The lowest BCUT2D eigenvalue weighted by molar-refractivity contribution is 0.140. The van der Waals surface area contributed by atoms with E-state index < -0.39 is 0 Å². The zero-order valence-electron chi connectivity index (χ0n) is 18.9. The Labute approximate surface area is 198 Å². The van der Waals surface area contributed by atoms with Crippen molar-refractivity contribution in [2.24, 2.45) is 10.9 Å². The minimum absolute atomic E-state index is 0. The van der Waals surface area contributed by atoms with E-state index in [4.69, 9.17) is 9.73 Å². The summed E-state index contributed by atoms with van der Waals surface area (Å²) in [6.07, 6.45) is 1.96. The number of rotatable bonds is 8. The van der Waals surface area contributed by atoms with Crippen LogP contribution < -0.4 is 10.6 Å². The van der Waals surface area contributed by atoms with E-state index in [2.05, 4.69) is 51.4 Å². The third-order valence-electron chi connectivity index (χ3n) is 5.59. The van der Waals surface area contributed by atoms with Crippen molar-refractivity contribution < 1.29 is 4.74 Å². The van der Waals surface area contributed by atoms with Gasteiger partial charge in [0.15, 0.2) is 11.8 Å². The van der Waals surface area contributed by atoms with Crippen molar-refractivity contribution in [3.05, 3.63) is 11.6 Å². The Hall–Kier alpha value is -0.980. The molecule has 1 aromatic heterocycles. The number of aromatic nitrogens is 3. The highest BCUT2D eigenvalue weighted by molar-refractivity contribution is 14.0. The molecule has 2 aliphatic heterocycles. The number of nitrogens with zero attached hydrogens (tertiary/aromatic N) is 6. The Kier molecular flexibility index (Phi) is 10.8. The SMILES string of the molecule is CCNC(=NCC(C)CN1CCN(C)CC1)NC1CCc2nc(COC)nn2C1.I. The maximum absolute atomic E-state index is 5.15. The smallest absolute Gasteiger partial charge is 0.191 e. The van der Waals surface area contributed by atoms with Gasteiger partial charge in [0.25, 0.3) is 0 Å². The maximum atomic E-state index is 5.15. The van der Waals surface area contributed by atoms with Crippen LogP contribution in [0.5, 0.6) is 0 Å². The molecule has 9 nitrogen and oxygen atoms in total. The Morgan fingerprint density at radius 1 is 1.30 bits per heavy atom. The quantitative estimate of drug-likeness (QED) is 0.290. The highest BCUT2D eigenvalue weighted by atomic mass is 127. The molecule has 3 rings (SSSR count). The molecular formula is C20H39IN8O. The Bertz CT molecular complexity index is 659. The van der Waals surface area contributed by atoms with Gasteiger partial charge in [0.05, 0.1) is 6.54 Å². The number of aryl methyl sites for hydroxylation is 1. The van der Waals surface area contributed by atoms with Crippen LogP contribution in [0, 0.1) is 5.92 Å². The van der Waals surface area contributed by atoms with Crippen molar-refractivity contribution in [2.75, 3.05) is 60.0 Å². The first-order valence-electron chi connectivity index (χ1n) is 10.9. The second-order valence-electron chi connectivity index (χ2n) is 8.37. The van der Waals surface area contributed by atoms with Gasteiger partial charge in [0, 0.05) is 65.4 Å². The van der Waals surface area contributed by atoms with E-state index in [1.165, 1.54) is 0 Å². The number of fused-ring (bicyclic) bond motifs is 1. The van der Waals surface area contributed by atoms with Crippen molar-refractivity contribution in [1.82, 2.24) is 35.2 Å². The number of piperazine rings is 1. The Balaban J connectivity index is 0.00000320. The van der Waals surface area contributed by atoms with Crippen LogP contribution in [-0.2, 0) is 24.3 Å². The number of likely N-dealkylation sites (N-methyl/N-ethyl adjacent to an activating group) is 1. The minimum Gasteiger partial charge on any atom is -0.377 e. The molecule has 172 valence electrons. The normalized spacial score (nSPS) is 21.6. The van der Waals surface area contributed by atoms with Crippen LogP contribution in [0.4, 0.5) is 0 Å². The summed E-state index contributed by atoms with van der Waals surface area (Å²) >= 11 is 0. The lowest BCUT2D eigenvalue weighted by Gasteiger charge is -2.33. The van der Waals surface area contributed by atoms with Crippen molar-refractivity contribution in [2.45, 2.75) is 45.9 Å². The molecular weight excluding hydrogens is 495 g/mol. The summed E-state index contributed by atoms with van der Waals surface area (Å²) < 4.78 is 7.16. The first-order chi connectivity index (χ1) is 14.1. The van der Waals surface area contributed by atoms with Crippen LogP contribution in [0.2, 0.25) is 0 Å². The molecule has 0 spiro atoms. The van der Waals surface area contributed by atoms with Crippen LogP contribution in [0.1, 0.15) is 31.9 Å². The molecule has 1 fully saturated rings. The molecule has 3 heterocycles. The van der Waals surface area contributed by atoms with Crippen LogP contribution in [0.25, 0.3) is 0 Å². The van der Waals surface area contributed by atoms with Crippen LogP contribution in [-0.4, -0.2) is 96.5 Å². The molecule has 30 heavy (non-hydrogen) atoms. The van der Waals surface area contributed by atoms with Crippen LogP contribution in [0.15, 0.2) is 4.99 Å². The minimum atomic E-state index is 0. The zero-order chi connectivity index (χ0) is 20.6. The van der Waals surface area contributed by atoms with Gasteiger partial charge in [-0.25, -0.2) is 9.67 Å². The molecule has 2 N–H and O–H groups in total. The molecule has 2 atom stereocenters. The fraction of sp³-hybridized carbons (Fsp3) is 0.850. The number of nitrogens with one attached hydrogen (secondary N) is 2. The average molecular weight is 534 g/mol.